The van der Waals surface area contributed by atoms with E-state index in [9.17, 15) is 0 Å². The number of anilines is 3. The number of hydrogen-bond acceptors (Lipinski definition) is 3. The summed E-state index contributed by atoms with van der Waals surface area (Å²) in [6, 6.07) is 57.2. The molecule has 0 amide bonds. The highest BCUT2D eigenvalue weighted by Gasteiger charge is 2.24. The molecular formula is C42H27NO2. The van der Waals surface area contributed by atoms with E-state index in [4.69, 9.17) is 8.83 Å². The summed E-state index contributed by atoms with van der Waals surface area (Å²) in [5.41, 5.74) is 11.2. The van der Waals surface area contributed by atoms with Crippen LogP contribution in [0.4, 0.5) is 17.1 Å². The van der Waals surface area contributed by atoms with Crippen LogP contribution in [0.25, 0.3) is 66.1 Å². The molecule has 2 heterocycles. The summed E-state index contributed by atoms with van der Waals surface area (Å²) >= 11 is 0. The van der Waals surface area contributed by atoms with E-state index >= 15 is 0 Å². The van der Waals surface area contributed by atoms with Crippen molar-refractivity contribution < 1.29 is 8.83 Å². The zero-order valence-corrected chi connectivity index (χ0v) is 24.4. The summed E-state index contributed by atoms with van der Waals surface area (Å²) < 4.78 is 13.2. The molecular weight excluding hydrogens is 550 g/mol. The van der Waals surface area contributed by atoms with Gasteiger partial charge in [0.05, 0.1) is 11.1 Å². The largest absolute Gasteiger partial charge is 0.455 e. The summed E-state index contributed by atoms with van der Waals surface area (Å²) in [5, 5.41) is 4.18. The van der Waals surface area contributed by atoms with Crippen molar-refractivity contribution in [1.29, 1.82) is 0 Å². The van der Waals surface area contributed by atoms with Crippen LogP contribution < -0.4 is 4.90 Å². The molecule has 3 heteroatoms. The molecule has 2 aromatic heterocycles. The molecule has 45 heavy (non-hydrogen) atoms. The van der Waals surface area contributed by atoms with Crippen LogP contribution in [0.2, 0.25) is 0 Å². The highest BCUT2D eigenvalue weighted by Crippen LogP contribution is 2.47. The van der Waals surface area contributed by atoms with Crippen molar-refractivity contribution in [3.05, 3.63) is 164 Å². The first-order valence-corrected chi connectivity index (χ1v) is 15.2. The Balaban J connectivity index is 1.25. The Kier molecular flexibility index (Phi) is 5.82. The van der Waals surface area contributed by atoms with Gasteiger partial charge in [-0.3, -0.25) is 0 Å². The van der Waals surface area contributed by atoms with Crippen LogP contribution >= 0.6 is 0 Å². The lowest BCUT2D eigenvalue weighted by Gasteiger charge is -2.26. The third-order valence-electron chi connectivity index (χ3n) is 8.65. The van der Waals surface area contributed by atoms with Crippen molar-refractivity contribution in [1.82, 2.24) is 0 Å². The van der Waals surface area contributed by atoms with Gasteiger partial charge in [-0.25, -0.2) is 0 Å². The quantitative estimate of drug-likeness (QED) is 0.204. The monoisotopic (exact) mass is 577 g/mol. The van der Waals surface area contributed by atoms with Gasteiger partial charge in [-0.2, -0.15) is 0 Å². The van der Waals surface area contributed by atoms with Crippen LogP contribution in [0.5, 0.6) is 0 Å². The van der Waals surface area contributed by atoms with Crippen molar-refractivity contribution in [2.24, 2.45) is 0 Å². The molecule has 0 fully saturated rings. The Morgan fingerprint density at radius 3 is 1.62 bits per heavy atom. The molecule has 0 unspecified atom stereocenters. The number of nitrogens with zero attached hydrogens (tertiary/aromatic N) is 1. The van der Waals surface area contributed by atoms with Crippen LogP contribution in [-0.4, -0.2) is 0 Å². The minimum Gasteiger partial charge on any atom is -0.455 e. The zero-order valence-electron chi connectivity index (χ0n) is 24.4. The Bertz CT molecular complexity index is 2470. The van der Waals surface area contributed by atoms with Crippen LogP contribution in [0.1, 0.15) is 0 Å². The van der Waals surface area contributed by atoms with Gasteiger partial charge < -0.3 is 13.7 Å². The molecule has 0 spiro atoms. The summed E-state index contributed by atoms with van der Waals surface area (Å²) in [6.07, 6.45) is 0. The smallest absolute Gasteiger partial charge is 0.163 e. The summed E-state index contributed by atoms with van der Waals surface area (Å²) in [7, 11) is 0. The molecule has 7 aromatic carbocycles. The lowest BCUT2D eigenvalue weighted by Crippen LogP contribution is -2.10. The van der Waals surface area contributed by atoms with Crippen molar-refractivity contribution >= 4 is 60.9 Å². The second kappa shape index (κ2) is 10.3. The fourth-order valence-corrected chi connectivity index (χ4v) is 6.53. The molecule has 9 aromatic rings. The van der Waals surface area contributed by atoms with Crippen LogP contribution in [0, 0.1) is 0 Å². The third kappa shape index (κ3) is 4.21. The SMILES string of the molecule is c1ccc(-c2cccc(-c3ccc(N(c4ccccc4)c4cc5c6ccccc6oc5c5c4oc4ccccc45)cc3)c2)cc1. The number of hydrogen-bond donors (Lipinski definition) is 0. The van der Waals surface area contributed by atoms with Gasteiger partial charge in [0.1, 0.15) is 16.7 Å². The van der Waals surface area contributed by atoms with Crippen molar-refractivity contribution in [3.8, 4) is 22.3 Å². The van der Waals surface area contributed by atoms with Crippen LogP contribution in [0.15, 0.2) is 173 Å². The first kappa shape index (κ1) is 25.4. The second-order valence-electron chi connectivity index (χ2n) is 11.3. The topological polar surface area (TPSA) is 29.5 Å². The number of benzene rings is 7. The van der Waals surface area contributed by atoms with Gasteiger partial charge in [-0.15, -0.1) is 0 Å². The molecule has 0 bridgehead atoms. The van der Waals surface area contributed by atoms with Gasteiger partial charge in [-0.1, -0.05) is 115 Å². The highest BCUT2D eigenvalue weighted by molar-refractivity contribution is 6.25. The molecule has 0 aliphatic heterocycles. The van der Waals surface area contributed by atoms with Crippen molar-refractivity contribution in [3.63, 3.8) is 0 Å². The van der Waals surface area contributed by atoms with Gasteiger partial charge >= 0.3 is 0 Å². The molecule has 0 aliphatic rings. The molecule has 0 radical (unpaired) electrons. The lowest BCUT2D eigenvalue weighted by molar-refractivity contribution is 0.663. The number of para-hydroxylation sites is 3. The van der Waals surface area contributed by atoms with Gasteiger partial charge in [0, 0.05) is 27.5 Å². The van der Waals surface area contributed by atoms with E-state index in [2.05, 4.69) is 138 Å². The van der Waals surface area contributed by atoms with Gasteiger partial charge in [0.15, 0.2) is 5.58 Å². The third-order valence-corrected chi connectivity index (χ3v) is 8.65. The first-order chi connectivity index (χ1) is 22.3. The molecule has 0 atom stereocenters. The number of furan rings is 2. The summed E-state index contributed by atoms with van der Waals surface area (Å²) in [5.74, 6) is 0. The van der Waals surface area contributed by atoms with E-state index in [0.717, 1.165) is 66.5 Å². The maximum absolute atomic E-state index is 6.66. The predicted molar refractivity (Wildman–Crippen MR) is 187 cm³/mol. The number of fused-ring (bicyclic) bond motifs is 7. The Labute approximate surface area is 260 Å². The Morgan fingerprint density at radius 1 is 0.356 bits per heavy atom. The molecule has 3 nitrogen and oxygen atoms in total. The maximum Gasteiger partial charge on any atom is 0.163 e. The molecule has 212 valence electrons. The first-order valence-electron chi connectivity index (χ1n) is 15.2. The fraction of sp³-hybridized carbons (Fsp3) is 0. The second-order valence-corrected chi connectivity index (χ2v) is 11.3. The average molecular weight is 578 g/mol. The van der Waals surface area contributed by atoms with E-state index < -0.39 is 0 Å². The highest BCUT2D eigenvalue weighted by atomic mass is 16.3. The van der Waals surface area contributed by atoms with E-state index in [1.807, 2.05) is 30.3 Å². The van der Waals surface area contributed by atoms with E-state index in [1.54, 1.807) is 0 Å². The average Bonchev–Trinajstić information content (AvgIpc) is 3.69. The summed E-state index contributed by atoms with van der Waals surface area (Å²) in [4.78, 5) is 2.29. The minimum absolute atomic E-state index is 0.797. The Morgan fingerprint density at radius 2 is 0.889 bits per heavy atom. The van der Waals surface area contributed by atoms with E-state index in [0.29, 0.717) is 0 Å². The lowest BCUT2D eigenvalue weighted by atomic mass is 9.99. The maximum atomic E-state index is 6.66. The summed E-state index contributed by atoms with van der Waals surface area (Å²) in [6.45, 7) is 0. The van der Waals surface area contributed by atoms with E-state index in [-0.39, 0.29) is 0 Å². The minimum atomic E-state index is 0.797. The van der Waals surface area contributed by atoms with Crippen LogP contribution in [-0.2, 0) is 0 Å². The van der Waals surface area contributed by atoms with Crippen molar-refractivity contribution in [2.45, 2.75) is 0 Å². The molecule has 0 saturated heterocycles. The van der Waals surface area contributed by atoms with E-state index in [1.165, 1.54) is 16.7 Å². The molecule has 0 N–H and O–H groups in total. The molecule has 0 saturated carbocycles. The van der Waals surface area contributed by atoms with Gasteiger partial charge in [0.2, 0.25) is 0 Å². The standard InChI is InChI=1S/C42H27NO2/c1-3-12-28(13-4-1)30-14-11-15-31(26-30)29-22-24-33(25-23-29)43(32-16-5-2-6-17-32)37-27-36-34-18-7-9-20-38(34)44-41(36)40-35-19-8-10-21-39(35)45-42(37)40/h1-27H. The number of rotatable bonds is 5. The molecule has 0 aliphatic carbocycles. The Hall–Kier alpha value is -6.06. The van der Waals surface area contributed by atoms with Crippen molar-refractivity contribution in [2.75, 3.05) is 4.90 Å². The zero-order chi connectivity index (χ0) is 29.7. The van der Waals surface area contributed by atoms with Gasteiger partial charge in [0.25, 0.3) is 0 Å². The van der Waals surface area contributed by atoms with Crippen LogP contribution in [0.3, 0.4) is 0 Å². The predicted octanol–water partition coefficient (Wildman–Crippen LogP) is 12.3. The van der Waals surface area contributed by atoms with Gasteiger partial charge in [-0.05, 0) is 70.8 Å². The fourth-order valence-electron chi connectivity index (χ4n) is 6.53. The normalized spacial score (nSPS) is 11.6. The molecule has 9 rings (SSSR count).